The highest BCUT2D eigenvalue weighted by molar-refractivity contribution is 5.63. The smallest absolute Gasteiger partial charge is 0.165 e. The van der Waals surface area contributed by atoms with Gasteiger partial charge in [-0.15, -0.1) is 0 Å². The van der Waals surface area contributed by atoms with Crippen LogP contribution in [0.25, 0.3) is 0 Å². The summed E-state index contributed by atoms with van der Waals surface area (Å²) < 4.78 is 13.5. The van der Waals surface area contributed by atoms with E-state index in [0.29, 0.717) is 11.8 Å². The molecule has 7 aliphatic rings. The van der Waals surface area contributed by atoms with Gasteiger partial charge in [0.2, 0.25) is 0 Å². The Morgan fingerprint density at radius 3 is 2.59 bits per heavy atom. The highest BCUT2D eigenvalue weighted by Gasteiger charge is 2.82. The standard InChI is InChI=1S/C29H41NO4/c1-25(2,3)26(4,32)20-15-27-10-11-29(20,33-5)24-28(27)12-13-30(16-17-6-7-17)21(27)14-18-8-9-19(31)23(34-24)22(18)28/h8-9,17,20-21,24,31-32H,6-7,10-16H2,1-5H3/t20-,21+,24+,26?,27+,28-,29+/m0/s1. The van der Waals surface area contributed by atoms with E-state index in [0.717, 1.165) is 44.6 Å². The van der Waals surface area contributed by atoms with Crippen LogP contribution in [0.15, 0.2) is 12.1 Å². The Hall–Kier alpha value is -1.30. The van der Waals surface area contributed by atoms with Crippen molar-refractivity contribution in [3.63, 3.8) is 0 Å². The van der Waals surface area contributed by atoms with Crippen molar-refractivity contribution in [1.29, 1.82) is 0 Å². The molecule has 5 nitrogen and oxygen atoms in total. The number of nitrogens with zero attached hydrogens (tertiary/aromatic N) is 1. The number of rotatable bonds is 4. The van der Waals surface area contributed by atoms with E-state index in [-0.39, 0.29) is 34.0 Å². The summed E-state index contributed by atoms with van der Waals surface area (Å²) in [6.45, 7) is 10.8. The van der Waals surface area contributed by atoms with Crippen LogP contribution in [0.2, 0.25) is 0 Å². The average molecular weight is 468 g/mol. The molecule has 1 saturated heterocycles. The number of phenols is 1. The fraction of sp³-hybridized carbons (Fsp3) is 0.793. The third kappa shape index (κ3) is 2.25. The number of benzene rings is 1. The normalized spacial score (nSPS) is 43.9. The number of likely N-dealkylation sites (tertiary alicyclic amines) is 1. The first-order valence-electron chi connectivity index (χ1n) is 13.6. The van der Waals surface area contributed by atoms with Crippen LogP contribution in [-0.2, 0) is 16.6 Å². The first-order valence-corrected chi connectivity index (χ1v) is 13.6. The van der Waals surface area contributed by atoms with Crippen LogP contribution < -0.4 is 4.74 Å². The molecule has 2 heterocycles. The van der Waals surface area contributed by atoms with Crippen LogP contribution in [0.5, 0.6) is 11.5 Å². The van der Waals surface area contributed by atoms with Crippen LogP contribution >= 0.6 is 0 Å². The lowest BCUT2D eigenvalue weighted by molar-refractivity contribution is -0.312. The van der Waals surface area contributed by atoms with Crippen molar-refractivity contribution in [2.75, 3.05) is 20.2 Å². The van der Waals surface area contributed by atoms with Crippen molar-refractivity contribution in [1.82, 2.24) is 4.90 Å². The number of hydrogen-bond acceptors (Lipinski definition) is 5. The third-order valence-electron chi connectivity index (χ3n) is 11.9. The number of hydrogen-bond donors (Lipinski definition) is 2. The number of aliphatic hydroxyl groups is 1. The fourth-order valence-electron chi connectivity index (χ4n) is 9.58. The Kier molecular flexibility index (Phi) is 4.08. The van der Waals surface area contributed by atoms with Crippen molar-refractivity contribution in [3.8, 4) is 11.5 Å². The largest absolute Gasteiger partial charge is 0.504 e. The van der Waals surface area contributed by atoms with E-state index in [1.54, 1.807) is 0 Å². The molecule has 5 fully saturated rings. The van der Waals surface area contributed by atoms with Crippen LogP contribution in [0.4, 0.5) is 0 Å². The highest BCUT2D eigenvalue weighted by Crippen LogP contribution is 2.78. The molecule has 8 rings (SSSR count). The first kappa shape index (κ1) is 21.9. The van der Waals surface area contributed by atoms with Crippen molar-refractivity contribution in [3.05, 3.63) is 23.3 Å². The molecule has 2 aliphatic heterocycles. The molecule has 2 spiro atoms. The molecule has 1 aromatic rings. The number of piperidine rings is 1. The van der Waals surface area contributed by atoms with E-state index in [1.807, 2.05) is 20.1 Å². The summed E-state index contributed by atoms with van der Waals surface area (Å²) in [6, 6.07) is 4.46. The van der Waals surface area contributed by atoms with E-state index in [2.05, 4.69) is 31.7 Å². The number of methoxy groups -OCH3 is 1. The molecule has 1 unspecified atom stereocenters. The van der Waals surface area contributed by atoms with Gasteiger partial charge in [-0.25, -0.2) is 0 Å². The molecule has 4 bridgehead atoms. The summed E-state index contributed by atoms with van der Waals surface area (Å²) >= 11 is 0. The number of phenolic OH excluding ortho intramolecular Hbond substituents is 1. The minimum Gasteiger partial charge on any atom is -0.504 e. The topological polar surface area (TPSA) is 62.2 Å². The van der Waals surface area contributed by atoms with E-state index < -0.39 is 11.2 Å². The Labute approximate surface area is 203 Å². The molecular weight excluding hydrogens is 426 g/mol. The Morgan fingerprint density at radius 1 is 1.15 bits per heavy atom. The number of fused-ring (bicyclic) bond motifs is 2. The predicted molar refractivity (Wildman–Crippen MR) is 130 cm³/mol. The van der Waals surface area contributed by atoms with Gasteiger partial charge in [0, 0.05) is 42.0 Å². The van der Waals surface area contributed by atoms with Crippen molar-refractivity contribution in [2.24, 2.45) is 22.7 Å². The molecule has 1 aromatic carbocycles. The zero-order valence-electron chi connectivity index (χ0n) is 21.5. The molecule has 5 aliphatic carbocycles. The van der Waals surface area contributed by atoms with Crippen LogP contribution in [0, 0.1) is 22.7 Å². The minimum atomic E-state index is -0.909. The van der Waals surface area contributed by atoms with E-state index in [1.165, 1.54) is 30.5 Å². The van der Waals surface area contributed by atoms with E-state index in [9.17, 15) is 10.2 Å². The molecule has 5 heteroatoms. The lowest BCUT2D eigenvalue weighted by atomic mass is 9.33. The zero-order valence-corrected chi connectivity index (χ0v) is 21.5. The fourth-order valence-corrected chi connectivity index (χ4v) is 9.58. The van der Waals surface area contributed by atoms with Gasteiger partial charge < -0.3 is 19.7 Å². The van der Waals surface area contributed by atoms with Gasteiger partial charge in [-0.05, 0) is 81.4 Å². The Morgan fingerprint density at radius 2 is 1.91 bits per heavy atom. The number of aromatic hydroxyl groups is 1. The van der Waals surface area contributed by atoms with Gasteiger partial charge in [-0.2, -0.15) is 0 Å². The molecule has 0 radical (unpaired) electrons. The predicted octanol–water partition coefficient (Wildman–Crippen LogP) is 4.41. The quantitative estimate of drug-likeness (QED) is 0.687. The second kappa shape index (κ2) is 6.33. The molecule has 186 valence electrons. The molecule has 34 heavy (non-hydrogen) atoms. The second-order valence-corrected chi connectivity index (χ2v) is 13.8. The molecule has 7 atom stereocenters. The lowest BCUT2D eigenvalue weighted by Crippen LogP contribution is -2.83. The summed E-state index contributed by atoms with van der Waals surface area (Å²) in [4.78, 5) is 2.82. The van der Waals surface area contributed by atoms with Gasteiger partial charge >= 0.3 is 0 Å². The summed E-state index contributed by atoms with van der Waals surface area (Å²) in [5.41, 5.74) is 0.783. The van der Waals surface area contributed by atoms with Crippen LogP contribution in [0.1, 0.15) is 77.3 Å². The summed E-state index contributed by atoms with van der Waals surface area (Å²) in [6.07, 6.45) is 7.64. The zero-order chi connectivity index (χ0) is 23.9. The molecule has 0 aromatic heterocycles. The Balaban J connectivity index is 1.47. The third-order valence-corrected chi connectivity index (χ3v) is 11.9. The molecule has 2 N–H and O–H groups in total. The summed E-state index contributed by atoms with van der Waals surface area (Å²) in [5.74, 6) is 1.80. The van der Waals surface area contributed by atoms with Gasteiger partial charge in [0.1, 0.15) is 11.7 Å². The van der Waals surface area contributed by atoms with Crippen LogP contribution in [-0.4, -0.2) is 58.7 Å². The maximum Gasteiger partial charge on any atom is 0.165 e. The number of ether oxygens (including phenoxy) is 2. The molecular formula is C29H41NO4. The molecule has 4 saturated carbocycles. The van der Waals surface area contributed by atoms with E-state index in [4.69, 9.17) is 9.47 Å². The SMILES string of the molecule is CO[C@]12CC[C@@]3(C[C@H]1C(C)(O)C(C)(C)C)[C@H]1Cc4ccc(O)c5c4[C@@]3(CCN1CC1CC1)[C@H]2O5. The van der Waals surface area contributed by atoms with Gasteiger partial charge in [-0.1, -0.05) is 26.8 Å². The second-order valence-electron chi connectivity index (χ2n) is 13.8. The summed E-state index contributed by atoms with van der Waals surface area (Å²) in [7, 11) is 1.83. The Bertz CT molecular complexity index is 1060. The molecule has 0 amide bonds. The maximum atomic E-state index is 12.2. The van der Waals surface area contributed by atoms with Gasteiger partial charge in [0.05, 0.1) is 5.60 Å². The first-order chi connectivity index (χ1) is 16.0. The highest BCUT2D eigenvalue weighted by atomic mass is 16.6. The van der Waals surface area contributed by atoms with Gasteiger partial charge in [0.15, 0.2) is 11.5 Å². The van der Waals surface area contributed by atoms with Crippen molar-refractivity contribution < 1.29 is 19.7 Å². The lowest BCUT2D eigenvalue weighted by Gasteiger charge is -2.75. The van der Waals surface area contributed by atoms with Crippen molar-refractivity contribution in [2.45, 2.75) is 101 Å². The van der Waals surface area contributed by atoms with Gasteiger partial charge in [-0.3, -0.25) is 4.90 Å². The minimum absolute atomic E-state index is 0.0294. The maximum absolute atomic E-state index is 12.2. The van der Waals surface area contributed by atoms with E-state index >= 15 is 0 Å². The van der Waals surface area contributed by atoms with Gasteiger partial charge in [0.25, 0.3) is 0 Å². The van der Waals surface area contributed by atoms with Crippen molar-refractivity contribution >= 4 is 0 Å². The average Bonchev–Trinajstić information content (AvgIpc) is 3.53. The monoisotopic (exact) mass is 467 g/mol. The summed E-state index contributed by atoms with van der Waals surface area (Å²) in [5, 5.41) is 23.2. The van der Waals surface area contributed by atoms with Crippen LogP contribution in [0.3, 0.4) is 0 Å².